The van der Waals surface area contributed by atoms with Crippen LogP contribution in [0.5, 0.6) is 17.2 Å². The second-order valence-electron chi connectivity index (χ2n) is 4.81. The number of thiol groups is 2. The maximum atomic E-state index is 12.3. The highest BCUT2D eigenvalue weighted by atomic mass is 32.1. The van der Waals surface area contributed by atoms with Gasteiger partial charge in [0.2, 0.25) is 0 Å². The van der Waals surface area contributed by atoms with Crippen molar-refractivity contribution >= 4 is 37.1 Å². The molecule has 1 amide bonds. The molecular formula is C17H17N3O3S2. The predicted octanol–water partition coefficient (Wildman–Crippen LogP) is 3.03. The van der Waals surface area contributed by atoms with E-state index < -0.39 is 5.91 Å². The van der Waals surface area contributed by atoms with Crippen molar-refractivity contribution in [2.75, 3.05) is 6.61 Å². The highest BCUT2D eigenvalue weighted by Crippen LogP contribution is 2.42. The minimum Gasteiger partial charge on any atom is -0.487 e. The van der Waals surface area contributed by atoms with Gasteiger partial charge < -0.3 is 20.9 Å². The van der Waals surface area contributed by atoms with Gasteiger partial charge in [-0.25, -0.2) is 0 Å². The lowest BCUT2D eigenvalue weighted by Crippen LogP contribution is -2.24. The number of aliphatic imine (C=N–C) groups is 1. The number of benzene rings is 2. The van der Waals surface area contributed by atoms with Crippen LogP contribution in [0, 0.1) is 0 Å². The summed E-state index contributed by atoms with van der Waals surface area (Å²) in [6, 6.07) is 10.5. The largest absolute Gasteiger partial charge is 0.487 e. The Bertz CT molecular complexity index is 820. The molecule has 0 aromatic heterocycles. The molecule has 0 atom stereocenters. The van der Waals surface area contributed by atoms with Crippen LogP contribution in [-0.2, 0) is 0 Å². The zero-order valence-corrected chi connectivity index (χ0v) is 15.0. The van der Waals surface area contributed by atoms with Crippen molar-refractivity contribution < 1.29 is 14.3 Å². The molecule has 0 aliphatic heterocycles. The molecule has 0 radical (unpaired) electrons. The summed E-state index contributed by atoms with van der Waals surface area (Å²) in [6.07, 6.45) is 1.56. The van der Waals surface area contributed by atoms with E-state index in [1.807, 2.05) is 18.2 Å². The third-order valence-electron chi connectivity index (χ3n) is 2.97. The number of amides is 1. The minimum atomic E-state index is -0.667. The average molecular weight is 375 g/mol. The van der Waals surface area contributed by atoms with Gasteiger partial charge >= 0.3 is 0 Å². The van der Waals surface area contributed by atoms with Crippen molar-refractivity contribution in [1.29, 1.82) is 0 Å². The monoisotopic (exact) mass is 375 g/mol. The van der Waals surface area contributed by atoms with Gasteiger partial charge in [0, 0.05) is 0 Å². The van der Waals surface area contributed by atoms with E-state index in [4.69, 9.17) is 20.9 Å². The van der Waals surface area contributed by atoms with Gasteiger partial charge in [-0.1, -0.05) is 30.9 Å². The van der Waals surface area contributed by atoms with Crippen LogP contribution < -0.4 is 20.9 Å². The second-order valence-corrected chi connectivity index (χ2v) is 5.70. The minimum absolute atomic E-state index is 0.125. The van der Waals surface area contributed by atoms with Gasteiger partial charge in [0.1, 0.15) is 18.1 Å². The smallest absolute Gasteiger partial charge is 0.281 e. The number of nitrogens with two attached hydrogens (primary N) is 2. The van der Waals surface area contributed by atoms with Crippen LogP contribution in [0.4, 0.5) is 0 Å². The Labute approximate surface area is 156 Å². The summed E-state index contributed by atoms with van der Waals surface area (Å²) >= 11 is 8.79. The first-order chi connectivity index (χ1) is 11.9. The molecule has 0 saturated carbocycles. The fourth-order valence-corrected chi connectivity index (χ4v) is 2.64. The molecule has 6 nitrogen and oxygen atoms in total. The van der Waals surface area contributed by atoms with Gasteiger partial charge in [0.15, 0.2) is 11.7 Å². The SMILES string of the molecule is C=CCOc1c(S)c(Oc2ccccc2)cc(C(=O)N=C(N)N)c1S. The van der Waals surface area contributed by atoms with Crippen molar-refractivity contribution in [3.05, 3.63) is 54.6 Å². The molecule has 0 heterocycles. The molecule has 8 heteroatoms. The number of rotatable bonds is 6. The van der Waals surface area contributed by atoms with Crippen molar-refractivity contribution in [2.24, 2.45) is 16.5 Å². The van der Waals surface area contributed by atoms with E-state index >= 15 is 0 Å². The third kappa shape index (κ3) is 4.71. The number of ether oxygens (including phenoxy) is 2. The van der Waals surface area contributed by atoms with Crippen LogP contribution in [0.2, 0.25) is 0 Å². The summed E-state index contributed by atoms with van der Waals surface area (Å²) in [5.41, 5.74) is 10.7. The number of hydrogen-bond acceptors (Lipinski definition) is 5. The predicted molar refractivity (Wildman–Crippen MR) is 103 cm³/mol. The molecule has 2 aromatic rings. The van der Waals surface area contributed by atoms with E-state index in [0.29, 0.717) is 16.4 Å². The third-order valence-corrected chi connectivity index (χ3v) is 3.84. The van der Waals surface area contributed by atoms with Gasteiger partial charge in [-0.3, -0.25) is 4.79 Å². The number of nitrogens with zero attached hydrogens (tertiary/aromatic N) is 1. The molecule has 130 valence electrons. The first-order valence-corrected chi connectivity index (χ1v) is 8.03. The zero-order valence-electron chi connectivity index (χ0n) is 13.2. The Morgan fingerprint density at radius 1 is 1.20 bits per heavy atom. The van der Waals surface area contributed by atoms with E-state index in [-0.39, 0.29) is 28.8 Å². The van der Waals surface area contributed by atoms with Crippen LogP contribution in [0.3, 0.4) is 0 Å². The fraction of sp³-hybridized carbons (Fsp3) is 0.0588. The number of guanidine groups is 1. The van der Waals surface area contributed by atoms with E-state index in [0.717, 1.165) is 0 Å². The normalized spacial score (nSPS) is 10.0. The molecule has 0 bridgehead atoms. The summed E-state index contributed by atoms with van der Waals surface area (Å²) in [4.78, 5) is 16.4. The molecule has 0 spiro atoms. The summed E-state index contributed by atoms with van der Waals surface area (Å²) in [5.74, 6) is 0.126. The maximum absolute atomic E-state index is 12.3. The molecule has 0 unspecified atom stereocenters. The molecule has 0 fully saturated rings. The lowest BCUT2D eigenvalue weighted by Gasteiger charge is -2.16. The van der Waals surface area contributed by atoms with Crippen LogP contribution in [0.1, 0.15) is 10.4 Å². The molecule has 0 saturated heterocycles. The van der Waals surface area contributed by atoms with Gasteiger partial charge in [0.05, 0.1) is 15.4 Å². The van der Waals surface area contributed by atoms with Gasteiger partial charge in [-0.05, 0) is 18.2 Å². The molecule has 2 rings (SSSR count). The van der Waals surface area contributed by atoms with Crippen molar-refractivity contribution in [1.82, 2.24) is 0 Å². The quantitative estimate of drug-likeness (QED) is 0.269. The zero-order chi connectivity index (χ0) is 18.4. The molecule has 0 aliphatic rings. The van der Waals surface area contributed by atoms with Crippen LogP contribution in [-0.4, -0.2) is 18.5 Å². The van der Waals surface area contributed by atoms with Crippen molar-refractivity contribution in [3.8, 4) is 17.2 Å². The number of carbonyl (C=O) groups excluding carboxylic acids is 1. The Hall–Kier alpha value is -2.58. The van der Waals surface area contributed by atoms with Crippen LogP contribution in [0.25, 0.3) is 0 Å². The number of hydrogen-bond donors (Lipinski definition) is 4. The molecule has 0 aliphatic carbocycles. The molecular weight excluding hydrogens is 358 g/mol. The second kappa shape index (κ2) is 8.50. The maximum Gasteiger partial charge on any atom is 0.281 e. The Kier molecular flexibility index (Phi) is 6.37. The Morgan fingerprint density at radius 3 is 2.48 bits per heavy atom. The Morgan fingerprint density at radius 2 is 1.88 bits per heavy atom. The van der Waals surface area contributed by atoms with Crippen LogP contribution in [0.15, 0.2) is 63.8 Å². The topological polar surface area (TPSA) is 99.9 Å². The van der Waals surface area contributed by atoms with Gasteiger partial charge in [-0.15, -0.1) is 25.3 Å². The molecule has 4 N–H and O–H groups in total. The summed E-state index contributed by atoms with van der Waals surface area (Å²) in [7, 11) is 0. The summed E-state index contributed by atoms with van der Waals surface area (Å²) in [5, 5.41) is 0. The number of para-hydroxylation sites is 1. The highest BCUT2D eigenvalue weighted by Gasteiger charge is 2.21. The van der Waals surface area contributed by atoms with E-state index in [1.165, 1.54) is 6.07 Å². The lowest BCUT2D eigenvalue weighted by molar-refractivity contribution is 0.0998. The Balaban J connectivity index is 2.55. The van der Waals surface area contributed by atoms with Crippen LogP contribution >= 0.6 is 25.3 Å². The first kappa shape index (κ1) is 18.8. The van der Waals surface area contributed by atoms with E-state index in [1.54, 1.807) is 18.2 Å². The van der Waals surface area contributed by atoms with Crippen molar-refractivity contribution in [2.45, 2.75) is 9.79 Å². The fourth-order valence-electron chi connectivity index (χ4n) is 1.93. The van der Waals surface area contributed by atoms with E-state index in [2.05, 4.69) is 36.8 Å². The standard InChI is InChI=1S/C17H17N3O3S2/c1-2-8-22-13-14(24)11(16(21)20-17(18)19)9-12(15(13)25)23-10-6-4-3-5-7-10/h2-7,9,24-25H,1,8H2,(H4,18,19,20,21). The first-order valence-electron chi connectivity index (χ1n) is 7.13. The highest BCUT2D eigenvalue weighted by molar-refractivity contribution is 7.81. The number of carbonyl (C=O) groups is 1. The summed E-state index contributed by atoms with van der Waals surface area (Å²) < 4.78 is 11.4. The molecule has 2 aromatic carbocycles. The van der Waals surface area contributed by atoms with Gasteiger partial charge in [0.25, 0.3) is 5.91 Å². The molecule has 25 heavy (non-hydrogen) atoms. The average Bonchev–Trinajstić information content (AvgIpc) is 2.57. The van der Waals surface area contributed by atoms with E-state index in [9.17, 15) is 4.79 Å². The summed E-state index contributed by atoms with van der Waals surface area (Å²) in [6.45, 7) is 3.79. The van der Waals surface area contributed by atoms with Gasteiger partial charge in [-0.2, -0.15) is 4.99 Å². The lowest BCUT2D eigenvalue weighted by atomic mass is 10.1. The van der Waals surface area contributed by atoms with Crippen molar-refractivity contribution in [3.63, 3.8) is 0 Å².